The van der Waals surface area contributed by atoms with Crippen LogP contribution in [-0.2, 0) is 4.18 Å². The van der Waals surface area contributed by atoms with Crippen molar-refractivity contribution in [3.63, 3.8) is 0 Å². The first-order chi connectivity index (χ1) is 5.00. The van der Waals surface area contributed by atoms with E-state index in [1.807, 2.05) is 10.8 Å². The molecule has 0 atom stereocenters. The van der Waals surface area contributed by atoms with Crippen LogP contribution in [0.15, 0.2) is 0 Å². The van der Waals surface area contributed by atoms with Gasteiger partial charge < -0.3 is 4.18 Å². The van der Waals surface area contributed by atoms with E-state index in [1.165, 1.54) is 37.9 Å². The normalized spacial score (nSPS) is 24.0. The highest BCUT2D eigenvalue weighted by molar-refractivity contribution is 8.74. The van der Waals surface area contributed by atoms with Crippen molar-refractivity contribution in [2.75, 3.05) is 12.4 Å². The van der Waals surface area contributed by atoms with Gasteiger partial charge in [0, 0.05) is 5.75 Å². The molecule has 0 aromatic carbocycles. The van der Waals surface area contributed by atoms with Crippen molar-refractivity contribution in [2.24, 2.45) is 0 Å². The van der Waals surface area contributed by atoms with E-state index in [0.717, 1.165) is 6.61 Å². The fraction of sp³-hybridized carbons (Fsp3) is 1.00. The Balaban J connectivity index is 2.00. The molecule has 0 aromatic rings. The topological polar surface area (TPSA) is 9.23 Å². The maximum absolute atomic E-state index is 5.29. The Bertz CT molecular complexity index is 44.8. The summed E-state index contributed by atoms with van der Waals surface area (Å²) in [6.07, 6.45) is 6.77. The van der Waals surface area contributed by atoms with Crippen LogP contribution in [0.3, 0.4) is 0 Å². The summed E-state index contributed by atoms with van der Waals surface area (Å²) in [4.78, 5) is 0. The highest BCUT2D eigenvalue weighted by Crippen LogP contribution is 2.25. The second-order valence-corrected chi connectivity index (χ2v) is 4.61. The van der Waals surface area contributed by atoms with Gasteiger partial charge in [-0.3, -0.25) is 0 Å². The van der Waals surface area contributed by atoms with Gasteiger partial charge in [-0.15, -0.1) is 0 Å². The molecule has 0 unspecified atom stereocenters. The summed E-state index contributed by atoms with van der Waals surface area (Å²) in [5.74, 6) is 1.25. The average molecular weight is 178 g/mol. The van der Waals surface area contributed by atoms with Crippen molar-refractivity contribution in [3.8, 4) is 0 Å². The van der Waals surface area contributed by atoms with Gasteiger partial charge in [0.15, 0.2) is 0 Å². The maximum Gasteiger partial charge on any atom is 0.0624 e. The van der Waals surface area contributed by atoms with Gasteiger partial charge in [-0.2, -0.15) is 0 Å². The summed E-state index contributed by atoms with van der Waals surface area (Å²) >= 11 is 1.57. The molecule has 1 rings (SSSR count). The van der Waals surface area contributed by atoms with E-state index < -0.39 is 0 Å². The van der Waals surface area contributed by atoms with Crippen molar-refractivity contribution >= 4 is 21.9 Å². The smallest absolute Gasteiger partial charge is 0.0624 e. The minimum atomic E-state index is 0.942. The second kappa shape index (κ2) is 6.38. The molecule has 3 heteroatoms. The predicted molar refractivity (Wildman–Crippen MR) is 49.1 cm³/mol. The average Bonchev–Trinajstić information content (AvgIpc) is 2.01. The van der Waals surface area contributed by atoms with E-state index in [9.17, 15) is 0 Å². The molecule has 1 nitrogen and oxygen atoms in total. The van der Waals surface area contributed by atoms with E-state index in [2.05, 4.69) is 0 Å². The molecule has 1 fully saturated rings. The molecule has 0 radical (unpaired) electrons. The van der Waals surface area contributed by atoms with Crippen LogP contribution in [0, 0.1) is 0 Å². The largest absolute Gasteiger partial charge is 0.305 e. The Morgan fingerprint density at radius 1 is 0.900 bits per heavy atom. The lowest BCUT2D eigenvalue weighted by Gasteiger charge is -2.05. The van der Waals surface area contributed by atoms with Gasteiger partial charge in [0.25, 0.3) is 0 Å². The van der Waals surface area contributed by atoms with Gasteiger partial charge in [0.05, 0.1) is 17.7 Å². The lowest BCUT2D eigenvalue weighted by Crippen LogP contribution is -1.89. The summed E-state index contributed by atoms with van der Waals surface area (Å²) in [5.41, 5.74) is 0. The van der Waals surface area contributed by atoms with Crippen molar-refractivity contribution in [2.45, 2.75) is 32.1 Å². The third kappa shape index (κ3) is 4.47. The van der Waals surface area contributed by atoms with Crippen LogP contribution >= 0.6 is 21.9 Å². The molecule has 0 amide bonds. The first-order valence-corrected chi connectivity index (χ1v) is 6.15. The van der Waals surface area contributed by atoms with Crippen LogP contribution in [0.25, 0.3) is 0 Å². The zero-order valence-corrected chi connectivity index (χ0v) is 7.81. The maximum atomic E-state index is 5.29. The molecule has 0 bridgehead atoms. The fourth-order valence-electron chi connectivity index (χ4n) is 0.954. The molecular weight excluding hydrogens is 164 g/mol. The predicted octanol–water partition coefficient (Wildman–Crippen LogP) is 3.26. The third-order valence-electron chi connectivity index (χ3n) is 1.55. The number of hydrogen-bond acceptors (Lipinski definition) is 3. The van der Waals surface area contributed by atoms with E-state index in [0.29, 0.717) is 0 Å². The molecule has 0 aromatic heterocycles. The summed E-state index contributed by atoms with van der Waals surface area (Å²) in [6.45, 7) is 0.942. The van der Waals surface area contributed by atoms with E-state index in [4.69, 9.17) is 4.18 Å². The Hall–Kier alpha value is 0.660. The summed E-state index contributed by atoms with van der Waals surface area (Å²) < 4.78 is 5.29. The lowest BCUT2D eigenvalue weighted by molar-refractivity contribution is 0.359. The van der Waals surface area contributed by atoms with Crippen LogP contribution < -0.4 is 0 Å². The van der Waals surface area contributed by atoms with Crippen molar-refractivity contribution in [3.05, 3.63) is 0 Å². The molecule has 0 spiro atoms. The molecule has 1 saturated heterocycles. The molecule has 0 aliphatic carbocycles. The molecule has 1 aliphatic heterocycles. The van der Waals surface area contributed by atoms with Gasteiger partial charge in [-0.1, -0.05) is 30.1 Å². The van der Waals surface area contributed by atoms with E-state index >= 15 is 0 Å². The molecule has 60 valence electrons. The molecule has 0 saturated carbocycles. The summed E-state index contributed by atoms with van der Waals surface area (Å²) in [7, 11) is 1.85. The van der Waals surface area contributed by atoms with E-state index in [-0.39, 0.29) is 0 Å². The molecule has 1 aliphatic rings. The van der Waals surface area contributed by atoms with Gasteiger partial charge >= 0.3 is 0 Å². The minimum Gasteiger partial charge on any atom is -0.305 e. The molecule has 1 heterocycles. The highest BCUT2D eigenvalue weighted by atomic mass is 33.1. The molecular formula is C7H14OS2. The Morgan fingerprint density at radius 2 is 1.70 bits per heavy atom. The van der Waals surface area contributed by atoms with Crippen molar-refractivity contribution in [1.82, 2.24) is 0 Å². The Labute approximate surface area is 70.9 Å². The van der Waals surface area contributed by atoms with Gasteiger partial charge in [0.1, 0.15) is 0 Å². The summed E-state index contributed by atoms with van der Waals surface area (Å²) in [5, 5.41) is 0. The monoisotopic (exact) mass is 178 g/mol. The minimum absolute atomic E-state index is 0.942. The Morgan fingerprint density at radius 3 is 2.70 bits per heavy atom. The lowest BCUT2D eigenvalue weighted by atomic mass is 10.2. The highest BCUT2D eigenvalue weighted by Gasteiger charge is 1.96. The van der Waals surface area contributed by atoms with E-state index in [1.54, 1.807) is 11.1 Å². The summed E-state index contributed by atoms with van der Waals surface area (Å²) in [6, 6.07) is 0. The van der Waals surface area contributed by atoms with Crippen LogP contribution in [-0.4, -0.2) is 12.4 Å². The van der Waals surface area contributed by atoms with Gasteiger partial charge in [0.2, 0.25) is 0 Å². The van der Waals surface area contributed by atoms with Gasteiger partial charge in [-0.25, -0.2) is 0 Å². The van der Waals surface area contributed by atoms with Gasteiger partial charge in [-0.05, 0) is 12.8 Å². The van der Waals surface area contributed by atoms with Crippen LogP contribution in [0.2, 0.25) is 0 Å². The molecule has 10 heavy (non-hydrogen) atoms. The first kappa shape index (κ1) is 8.75. The zero-order valence-electron chi connectivity index (χ0n) is 6.17. The van der Waals surface area contributed by atoms with Crippen molar-refractivity contribution < 1.29 is 4.18 Å². The Kier molecular flexibility index (Phi) is 5.58. The quantitative estimate of drug-likeness (QED) is 0.416. The molecule has 0 N–H and O–H groups in total. The van der Waals surface area contributed by atoms with Crippen LogP contribution in [0.1, 0.15) is 32.1 Å². The fourth-order valence-corrected chi connectivity index (χ4v) is 2.56. The number of rotatable bonds is 0. The third-order valence-corrected chi connectivity index (χ3v) is 3.44. The SMILES string of the molecule is C1CCCOSSCCC1. The standard InChI is InChI=1S/C7H14OS2/c1-2-4-6-8-10-9-7-5-3-1/h1-7H2. The van der Waals surface area contributed by atoms with Crippen LogP contribution in [0.5, 0.6) is 0 Å². The van der Waals surface area contributed by atoms with Crippen LogP contribution in [0.4, 0.5) is 0 Å². The first-order valence-electron chi connectivity index (χ1n) is 3.91. The van der Waals surface area contributed by atoms with Crippen molar-refractivity contribution in [1.29, 1.82) is 0 Å². The number of hydrogen-bond donors (Lipinski definition) is 0. The second-order valence-electron chi connectivity index (χ2n) is 2.48. The zero-order chi connectivity index (χ0) is 7.07.